The maximum absolute atomic E-state index is 14.3. The van der Waals surface area contributed by atoms with E-state index in [4.69, 9.17) is 0 Å². The Morgan fingerprint density at radius 1 is 1.09 bits per heavy atom. The van der Waals surface area contributed by atoms with Crippen molar-refractivity contribution in [2.24, 2.45) is 7.05 Å². The summed E-state index contributed by atoms with van der Waals surface area (Å²) in [6.45, 7) is 6.22. The number of benzene rings is 2. The highest BCUT2D eigenvalue weighted by atomic mass is 19.1. The summed E-state index contributed by atoms with van der Waals surface area (Å²) < 4.78 is 29.0. The molecule has 1 atom stereocenters. The van der Waals surface area contributed by atoms with E-state index in [9.17, 15) is 13.6 Å². The molecule has 1 aromatic heterocycles. The van der Waals surface area contributed by atoms with Gasteiger partial charge < -0.3 is 10.2 Å². The highest BCUT2D eigenvalue weighted by Gasteiger charge is 2.24. The Bertz CT molecular complexity index is 1080. The van der Waals surface area contributed by atoms with Crippen molar-refractivity contribution < 1.29 is 13.6 Å². The number of anilines is 1. The average molecular weight is 440 g/mol. The second kappa shape index (κ2) is 9.48. The fourth-order valence-electron chi connectivity index (χ4n) is 4.06. The Morgan fingerprint density at radius 3 is 2.50 bits per heavy atom. The van der Waals surface area contributed by atoms with Crippen LogP contribution in [0.25, 0.3) is 11.3 Å². The molecule has 2 aromatic carbocycles. The van der Waals surface area contributed by atoms with Crippen molar-refractivity contribution in [1.29, 1.82) is 0 Å². The molecule has 1 fully saturated rings. The third-order valence-corrected chi connectivity index (χ3v) is 5.88. The number of carbonyl (C=O) groups is 1. The molecule has 2 heterocycles. The number of piperazine rings is 1. The molecule has 0 radical (unpaired) electrons. The van der Waals surface area contributed by atoms with Gasteiger partial charge >= 0.3 is 0 Å². The van der Waals surface area contributed by atoms with Gasteiger partial charge in [0.25, 0.3) is 5.91 Å². The number of rotatable bonds is 6. The Hall–Kier alpha value is -3.26. The largest absolute Gasteiger partial charge is 0.369 e. The molecule has 1 aliphatic heterocycles. The van der Waals surface area contributed by atoms with Gasteiger partial charge in [-0.3, -0.25) is 14.4 Å². The number of amides is 1. The highest BCUT2D eigenvalue weighted by molar-refractivity contribution is 5.99. The summed E-state index contributed by atoms with van der Waals surface area (Å²) in [5.41, 5.74) is 1.79. The van der Waals surface area contributed by atoms with Gasteiger partial charge in [-0.25, -0.2) is 8.78 Å². The average Bonchev–Trinajstić information content (AvgIpc) is 3.19. The number of para-hydroxylation sites is 1. The molecule has 8 heteroatoms. The summed E-state index contributed by atoms with van der Waals surface area (Å²) in [7, 11) is 1.66. The molecule has 0 saturated carbocycles. The molecular weight excluding hydrogens is 412 g/mol. The molecule has 1 aliphatic rings. The topological polar surface area (TPSA) is 53.4 Å². The van der Waals surface area contributed by atoms with Crippen LogP contribution in [-0.4, -0.2) is 59.4 Å². The minimum atomic E-state index is -0.748. The van der Waals surface area contributed by atoms with Crippen molar-refractivity contribution >= 4 is 11.6 Å². The van der Waals surface area contributed by atoms with Crippen LogP contribution in [0.15, 0.2) is 54.7 Å². The van der Waals surface area contributed by atoms with E-state index in [0.717, 1.165) is 38.3 Å². The number of aryl methyl sites for hydroxylation is 1. The zero-order valence-electron chi connectivity index (χ0n) is 18.3. The fraction of sp³-hybridized carbons (Fsp3) is 0.333. The van der Waals surface area contributed by atoms with Gasteiger partial charge in [0.05, 0.1) is 5.56 Å². The molecule has 0 aliphatic carbocycles. The molecule has 0 spiro atoms. The molecule has 1 saturated heterocycles. The number of hydrogen-bond acceptors (Lipinski definition) is 4. The zero-order valence-corrected chi connectivity index (χ0v) is 18.3. The number of carbonyl (C=O) groups excluding carboxylic acids is 1. The van der Waals surface area contributed by atoms with E-state index in [2.05, 4.69) is 39.3 Å². The van der Waals surface area contributed by atoms with Crippen LogP contribution >= 0.6 is 0 Å². The van der Waals surface area contributed by atoms with E-state index in [1.165, 1.54) is 16.4 Å². The first-order valence-electron chi connectivity index (χ1n) is 10.7. The van der Waals surface area contributed by atoms with E-state index in [1.807, 2.05) is 18.2 Å². The van der Waals surface area contributed by atoms with Crippen molar-refractivity contribution in [2.45, 2.75) is 13.0 Å². The van der Waals surface area contributed by atoms with Crippen LogP contribution in [0.3, 0.4) is 0 Å². The summed E-state index contributed by atoms with van der Waals surface area (Å²) in [4.78, 5) is 17.6. The van der Waals surface area contributed by atoms with Gasteiger partial charge in [-0.2, -0.15) is 5.10 Å². The minimum absolute atomic E-state index is 0.0993. The Balaban J connectivity index is 1.36. The number of nitrogens with zero attached hydrogens (tertiary/aromatic N) is 4. The number of hydrogen-bond donors (Lipinski definition) is 1. The summed E-state index contributed by atoms with van der Waals surface area (Å²) in [5, 5.41) is 7.17. The predicted molar refractivity (Wildman–Crippen MR) is 121 cm³/mol. The third kappa shape index (κ3) is 4.80. The van der Waals surface area contributed by atoms with Crippen LogP contribution in [0.2, 0.25) is 0 Å². The van der Waals surface area contributed by atoms with Crippen molar-refractivity contribution in [3.63, 3.8) is 0 Å². The maximum Gasteiger partial charge on any atom is 0.255 e. The van der Waals surface area contributed by atoms with Crippen molar-refractivity contribution in [3.05, 3.63) is 71.9 Å². The van der Waals surface area contributed by atoms with Crippen molar-refractivity contribution in [3.8, 4) is 11.3 Å². The van der Waals surface area contributed by atoms with Gasteiger partial charge in [0.15, 0.2) is 0 Å². The second-order valence-corrected chi connectivity index (χ2v) is 8.11. The first kappa shape index (κ1) is 22.0. The molecular formula is C24H27F2N5O. The van der Waals surface area contributed by atoms with Crippen LogP contribution < -0.4 is 10.2 Å². The lowest BCUT2D eigenvalue weighted by Crippen LogP contribution is -2.52. The van der Waals surface area contributed by atoms with E-state index in [0.29, 0.717) is 6.54 Å². The van der Waals surface area contributed by atoms with Crippen LogP contribution in [0.5, 0.6) is 0 Å². The van der Waals surface area contributed by atoms with Gasteiger partial charge in [-0.1, -0.05) is 18.2 Å². The normalized spacial score (nSPS) is 15.6. The third-order valence-electron chi connectivity index (χ3n) is 5.88. The quantitative estimate of drug-likeness (QED) is 0.640. The van der Waals surface area contributed by atoms with E-state index < -0.39 is 11.6 Å². The van der Waals surface area contributed by atoms with Crippen molar-refractivity contribution in [2.75, 3.05) is 37.6 Å². The molecule has 4 rings (SSSR count). The molecule has 6 nitrogen and oxygen atoms in total. The molecule has 1 N–H and O–H groups in total. The summed E-state index contributed by atoms with van der Waals surface area (Å²) >= 11 is 0. The van der Waals surface area contributed by atoms with Gasteiger partial charge in [-0.05, 0) is 31.2 Å². The molecule has 0 bridgehead atoms. The molecule has 32 heavy (non-hydrogen) atoms. The molecule has 1 amide bonds. The predicted octanol–water partition coefficient (Wildman–Crippen LogP) is 3.31. The lowest BCUT2D eigenvalue weighted by Gasteiger charge is -2.39. The zero-order chi connectivity index (χ0) is 22.7. The van der Waals surface area contributed by atoms with Crippen LogP contribution in [0.4, 0.5) is 14.5 Å². The van der Waals surface area contributed by atoms with Gasteiger partial charge in [0.2, 0.25) is 0 Å². The molecule has 3 aromatic rings. The van der Waals surface area contributed by atoms with Gasteiger partial charge in [0, 0.05) is 69.3 Å². The fourth-order valence-corrected chi connectivity index (χ4v) is 4.06. The Morgan fingerprint density at radius 2 is 1.81 bits per heavy atom. The molecule has 1 unspecified atom stereocenters. The summed E-state index contributed by atoms with van der Waals surface area (Å²) in [6.07, 6.45) is 1.55. The monoisotopic (exact) mass is 439 g/mol. The highest BCUT2D eigenvalue weighted by Crippen LogP contribution is 2.25. The standard InChI is InChI=1S/C24H27F2N5O/c1-17(30-10-12-31(13-11-30)19-6-4-3-5-7-19)15-27-24(32)21-16-29(2)28-23(21)20-9-8-18(25)14-22(20)26/h3-9,14,16-17H,10-13,15H2,1-2H3,(H,27,32). The number of nitrogens with one attached hydrogen (secondary N) is 1. The van der Waals surface area contributed by atoms with Crippen molar-refractivity contribution in [1.82, 2.24) is 20.0 Å². The lowest BCUT2D eigenvalue weighted by molar-refractivity contribution is 0.0935. The van der Waals surface area contributed by atoms with E-state index in [-0.39, 0.29) is 28.8 Å². The maximum atomic E-state index is 14.3. The smallest absolute Gasteiger partial charge is 0.255 e. The van der Waals surface area contributed by atoms with E-state index in [1.54, 1.807) is 13.2 Å². The SMILES string of the molecule is CC(CNC(=O)c1cn(C)nc1-c1ccc(F)cc1F)N1CCN(c2ccccc2)CC1. The Kier molecular flexibility index (Phi) is 6.50. The van der Waals surface area contributed by atoms with Crippen LogP contribution in [0, 0.1) is 11.6 Å². The van der Waals surface area contributed by atoms with Gasteiger partial charge in [0.1, 0.15) is 17.3 Å². The summed E-state index contributed by atoms with van der Waals surface area (Å²) in [6, 6.07) is 13.8. The second-order valence-electron chi connectivity index (χ2n) is 8.11. The van der Waals surface area contributed by atoms with Crippen LogP contribution in [0.1, 0.15) is 17.3 Å². The Labute approximate surface area is 186 Å². The number of halogens is 2. The van der Waals surface area contributed by atoms with Gasteiger partial charge in [-0.15, -0.1) is 0 Å². The first-order chi connectivity index (χ1) is 15.4. The minimum Gasteiger partial charge on any atom is -0.369 e. The first-order valence-corrected chi connectivity index (χ1v) is 10.7. The molecule has 168 valence electrons. The lowest BCUT2D eigenvalue weighted by atomic mass is 10.1. The summed E-state index contributed by atoms with van der Waals surface area (Å²) in [5.74, 6) is -1.75. The van der Waals surface area contributed by atoms with E-state index >= 15 is 0 Å². The number of aromatic nitrogens is 2. The van der Waals surface area contributed by atoms with Crippen LogP contribution in [-0.2, 0) is 7.05 Å².